The van der Waals surface area contributed by atoms with Crippen molar-refractivity contribution >= 4 is 35.3 Å². The highest BCUT2D eigenvalue weighted by Gasteiger charge is 2.15. The second kappa shape index (κ2) is 2.84. The number of thiophene rings is 1. The van der Waals surface area contributed by atoms with Crippen molar-refractivity contribution in [2.24, 2.45) is 0 Å². The summed E-state index contributed by atoms with van der Waals surface area (Å²) < 4.78 is 2.75. The fourth-order valence-electron chi connectivity index (χ4n) is 0.875. The van der Waals surface area contributed by atoms with Crippen molar-refractivity contribution in [1.82, 2.24) is 4.72 Å². The van der Waals surface area contributed by atoms with Crippen LogP contribution in [0.4, 0.5) is 0 Å². The van der Waals surface area contributed by atoms with Crippen LogP contribution in [-0.4, -0.2) is 11.1 Å². The van der Waals surface area contributed by atoms with E-state index in [2.05, 4.69) is 4.72 Å². The number of hydrogen-bond acceptors (Lipinski definition) is 4. The van der Waals surface area contributed by atoms with E-state index in [0.29, 0.717) is 0 Å². The van der Waals surface area contributed by atoms with Crippen LogP contribution in [0.3, 0.4) is 0 Å². The van der Waals surface area contributed by atoms with Crippen LogP contribution in [0, 0.1) is 0 Å². The van der Waals surface area contributed by atoms with Crippen LogP contribution in [0.5, 0.6) is 0 Å². The average molecular weight is 199 g/mol. The van der Waals surface area contributed by atoms with Crippen LogP contribution in [0.2, 0.25) is 0 Å². The minimum absolute atomic E-state index is 0.245. The first-order valence-corrected chi connectivity index (χ1v) is 4.92. The van der Waals surface area contributed by atoms with Gasteiger partial charge in [0.1, 0.15) is 5.70 Å². The largest absolute Gasteiger partial charge is 0.477 e. The van der Waals surface area contributed by atoms with E-state index in [9.17, 15) is 4.79 Å². The molecule has 3 nitrogen and oxygen atoms in total. The number of carboxylic acids is 1. The molecule has 0 aromatic carbocycles. The summed E-state index contributed by atoms with van der Waals surface area (Å²) in [5.41, 5.74) is 0.245. The summed E-state index contributed by atoms with van der Waals surface area (Å²) in [4.78, 5) is 12.6. The quantitative estimate of drug-likeness (QED) is 0.677. The molecule has 0 aliphatic carbocycles. The molecule has 62 valence electrons. The fourth-order valence-corrected chi connectivity index (χ4v) is 2.61. The Labute approximate surface area is 77.2 Å². The van der Waals surface area contributed by atoms with Crippen molar-refractivity contribution in [1.29, 1.82) is 0 Å². The van der Waals surface area contributed by atoms with Gasteiger partial charge in [-0.05, 0) is 29.5 Å². The third-order valence-electron chi connectivity index (χ3n) is 1.43. The van der Waals surface area contributed by atoms with Gasteiger partial charge in [-0.25, -0.2) is 4.79 Å². The van der Waals surface area contributed by atoms with Gasteiger partial charge in [0.05, 0.1) is 0 Å². The van der Waals surface area contributed by atoms with E-state index in [1.54, 1.807) is 17.4 Å². The monoisotopic (exact) mass is 199 g/mol. The standard InChI is InChI=1S/C7H5NO2S2/c9-7(10)4-3-6-5(12-8-4)1-2-11-6/h1-3,8H,(H,9,10). The third-order valence-corrected chi connectivity index (χ3v) is 3.33. The minimum atomic E-state index is -0.915. The number of aliphatic carboxylic acids is 1. The van der Waals surface area contributed by atoms with E-state index < -0.39 is 5.97 Å². The topological polar surface area (TPSA) is 49.3 Å². The van der Waals surface area contributed by atoms with Crippen LogP contribution >= 0.6 is 23.3 Å². The minimum Gasteiger partial charge on any atom is -0.477 e. The predicted octanol–water partition coefficient (Wildman–Crippen LogP) is 1.78. The zero-order valence-electron chi connectivity index (χ0n) is 5.90. The SMILES string of the molecule is O=C(O)C1=Cc2sccc2SN1. The molecule has 0 fully saturated rings. The van der Waals surface area contributed by atoms with Crippen LogP contribution in [0.15, 0.2) is 22.0 Å². The summed E-state index contributed by atoms with van der Waals surface area (Å²) in [5.74, 6) is -0.915. The van der Waals surface area contributed by atoms with Gasteiger partial charge in [0, 0.05) is 9.77 Å². The Hall–Kier alpha value is -0.940. The Balaban J connectivity index is 2.41. The maximum absolute atomic E-state index is 10.5. The first kappa shape index (κ1) is 7.70. The van der Waals surface area contributed by atoms with Crippen LogP contribution < -0.4 is 4.72 Å². The lowest BCUT2D eigenvalue weighted by atomic mass is 10.3. The number of hydrogen-bond donors (Lipinski definition) is 2. The Bertz CT molecular complexity index is 356. The summed E-state index contributed by atoms with van der Waals surface area (Å²) in [6.07, 6.45) is 1.65. The summed E-state index contributed by atoms with van der Waals surface area (Å²) in [6.45, 7) is 0. The number of nitrogens with one attached hydrogen (secondary N) is 1. The lowest BCUT2D eigenvalue weighted by Gasteiger charge is -2.10. The van der Waals surface area contributed by atoms with Crippen LogP contribution in [-0.2, 0) is 4.79 Å². The second-order valence-electron chi connectivity index (χ2n) is 2.22. The Morgan fingerprint density at radius 2 is 2.42 bits per heavy atom. The number of carbonyl (C=O) groups is 1. The summed E-state index contributed by atoms with van der Waals surface area (Å²) in [7, 11) is 0. The van der Waals surface area contributed by atoms with Gasteiger partial charge in [-0.2, -0.15) is 0 Å². The zero-order chi connectivity index (χ0) is 8.55. The lowest BCUT2D eigenvalue weighted by molar-refractivity contribution is -0.132. The predicted molar refractivity (Wildman–Crippen MR) is 48.9 cm³/mol. The van der Waals surface area contributed by atoms with Gasteiger partial charge in [-0.3, -0.25) is 0 Å². The van der Waals surface area contributed by atoms with Crippen molar-refractivity contribution in [3.63, 3.8) is 0 Å². The van der Waals surface area contributed by atoms with Crippen molar-refractivity contribution in [2.75, 3.05) is 0 Å². The number of rotatable bonds is 1. The molecule has 0 amide bonds. The van der Waals surface area contributed by atoms with Crippen molar-refractivity contribution in [3.8, 4) is 0 Å². The highest BCUT2D eigenvalue weighted by molar-refractivity contribution is 7.97. The zero-order valence-corrected chi connectivity index (χ0v) is 7.54. The van der Waals surface area contributed by atoms with Gasteiger partial charge in [0.2, 0.25) is 0 Å². The van der Waals surface area contributed by atoms with Crippen molar-refractivity contribution in [2.45, 2.75) is 4.90 Å². The van der Waals surface area contributed by atoms with E-state index in [4.69, 9.17) is 5.11 Å². The highest BCUT2D eigenvalue weighted by Crippen LogP contribution is 2.31. The van der Waals surface area contributed by atoms with E-state index in [1.807, 2.05) is 11.4 Å². The molecule has 1 aromatic rings. The molecular weight excluding hydrogens is 194 g/mol. The molecule has 5 heteroatoms. The third kappa shape index (κ3) is 1.21. The molecule has 2 rings (SSSR count). The molecule has 12 heavy (non-hydrogen) atoms. The van der Waals surface area contributed by atoms with Gasteiger partial charge in [0.25, 0.3) is 0 Å². The number of fused-ring (bicyclic) bond motifs is 1. The van der Waals surface area contributed by atoms with E-state index in [0.717, 1.165) is 9.77 Å². The molecular formula is C7H5NO2S2. The molecule has 0 radical (unpaired) electrons. The van der Waals surface area contributed by atoms with E-state index in [-0.39, 0.29) is 5.70 Å². The summed E-state index contributed by atoms with van der Waals surface area (Å²) in [5, 5.41) is 10.6. The smallest absolute Gasteiger partial charge is 0.352 e. The van der Waals surface area contributed by atoms with Gasteiger partial charge >= 0.3 is 5.97 Å². The maximum Gasteiger partial charge on any atom is 0.352 e. The molecule has 0 bridgehead atoms. The van der Waals surface area contributed by atoms with Gasteiger partial charge in [-0.15, -0.1) is 11.3 Å². The summed E-state index contributed by atoms with van der Waals surface area (Å²) in [6, 6.07) is 1.97. The van der Waals surface area contributed by atoms with Gasteiger partial charge in [0.15, 0.2) is 0 Å². The van der Waals surface area contributed by atoms with Crippen LogP contribution in [0.1, 0.15) is 4.88 Å². The van der Waals surface area contributed by atoms with Gasteiger partial charge < -0.3 is 9.83 Å². The van der Waals surface area contributed by atoms with Crippen molar-refractivity contribution in [3.05, 3.63) is 22.0 Å². The Morgan fingerprint density at radius 1 is 1.58 bits per heavy atom. The molecule has 1 aliphatic heterocycles. The fraction of sp³-hybridized carbons (Fsp3) is 0. The molecule has 2 N–H and O–H groups in total. The highest BCUT2D eigenvalue weighted by atomic mass is 32.2. The number of carboxylic acid groups (broad SMARTS) is 1. The molecule has 0 spiro atoms. The van der Waals surface area contributed by atoms with Crippen molar-refractivity contribution < 1.29 is 9.90 Å². The molecule has 1 aromatic heterocycles. The first-order valence-electron chi connectivity index (χ1n) is 3.23. The molecule has 0 unspecified atom stereocenters. The lowest BCUT2D eigenvalue weighted by Crippen LogP contribution is -2.15. The molecule has 0 saturated heterocycles. The first-order chi connectivity index (χ1) is 5.77. The molecule has 2 heterocycles. The maximum atomic E-state index is 10.5. The molecule has 1 aliphatic rings. The second-order valence-corrected chi connectivity index (χ2v) is 4.01. The summed E-state index contributed by atoms with van der Waals surface area (Å²) >= 11 is 2.89. The molecule has 0 saturated carbocycles. The Morgan fingerprint density at radius 3 is 3.17 bits per heavy atom. The normalized spacial score (nSPS) is 14.5. The Kier molecular flexibility index (Phi) is 1.82. The average Bonchev–Trinajstić information content (AvgIpc) is 2.49. The van der Waals surface area contributed by atoms with Crippen LogP contribution in [0.25, 0.3) is 6.08 Å². The van der Waals surface area contributed by atoms with E-state index >= 15 is 0 Å². The van der Waals surface area contributed by atoms with Gasteiger partial charge in [-0.1, -0.05) is 0 Å². The van der Waals surface area contributed by atoms with E-state index in [1.165, 1.54) is 11.9 Å². The molecule has 0 atom stereocenters.